The number of nitrogens with one attached hydrogen (secondary N) is 1. The molecule has 0 spiro atoms. The van der Waals surface area contributed by atoms with Gasteiger partial charge < -0.3 is 14.8 Å². The second-order valence-corrected chi connectivity index (χ2v) is 5.54. The van der Waals surface area contributed by atoms with Gasteiger partial charge in [0, 0.05) is 0 Å². The number of benzene rings is 2. The largest absolute Gasteiger partial charge is 0.497 e. The first-order chi connectivity index (χ1) is 12.0. The molecule has 25 heavy (non-hydrogen) atoms. The molecule has 0 bridgehead atoms. The van der Waals surface area contributed by atoms with Crippen LogP contribution < -0.4 is 16.0 Å². The number of para-hydroxylation sites is 1. The predicted octanol–water partition coefficient (Wildman–Crippen LogP) is 1.76. The quantitative estimate of drug-likeness (QED) is 0.737. The van der Waals surface area contributed by atoms with E-state index in [1.165, 1.54) is 7.11 Å². The minimum absolute atomic E-state index is 0.325. The fourth-order valence-corrected chi connectivity index (χ4v) is 2.81. The van der Waals surface area contributed by atoms with Gasteiger partial charge in [-0.2, -0.15) is 0 Å². The molecule has 1 unspecified atom stereocenters. The lowest BCUT2D eigenvalue weighted by atomic mass is 10.0. The summed E-state index contributed by atoms with van der Waals surface area (Å²) in [5.74, 6) is -0.516. The average molecular weight is 340 g/mol. The third-order valence-electron chi connectivity index (χ3n) is 4.02. The lowest BCUT2D eigenvalue weighted by molar-refractivity contribution is -0.137. The average Bonchev–Trinajstić information content (AvgIpc) is 2.60. The number of carbonyl (C=O) groups is 1. The van der Waals surface area contributed by atoms with Crippen LogP contribution >= 0.6 is 0 Å². The molecule has 1 atom stereocenters. The number of ether oxygens (including phenoxy) is 1. The van der Waals surface area contributed by atoms with Gasteiger partial charge in [-0.3, -0.25) is 14.2 Å². The van der Waals surface area contributed by atoms with E-state index in [1.54, 1.807) is 48.5 Å². The maximum atomic E-state index is 12.8. The van der Waals surface area contributed by atoms with Crippen LogP contribution in [-0.2, 0) is 4.79 Å². The van der Waals surface area contributed by atoms with Gasteiger partial charge in [-0.15, -0.1) is 0 Å². The normalized spacial score (nSPS) is 12.0. The summed E-state index contributed by atoms with van der Waals surface area (Å²) in [4.78, 5) is 39.2. The zero-order chi connectivity index (χ0) is 18.0. The first-order valence-electron chi connectivity index (χ1n) is 7.60. The Hall–Kier alpha value is -3.35. The molecule has 1 heterocycles. The lowest BCUT2D eigenvalue weighted by Gasteiger charge is -2.18. The van der Waals surface area contributed by atoms with Crippen molar-refractivity contribution in [2.45, 2.75) is 12.5 Å². The number of rotatable bonds is 5. The van der Waals surface area contributed by atoms with Gasteiger partial charge in [0.15, 0.2) is 0 Å². The van der Waals surface area contributed by atoms with E-state index in [2.05, 4.69) is 4.98 Å². The van der Waals surface area contributed by atoms with Crippen molar-refractivity contribution >= 4 is 16.9 Å². The summed E-state index contributed by atoms with van der Waals surface area (Å²) in [6.07, 6.45) is -0.395. The summed E-state index contributed by atoms with van der Waals surface area (Å²) in [7, 11) is 1.52. The number of hydrogen-bond acceptors (Lipinski definition) is 4. The van der Waals surface area contributed by atoms with Gasteiger partial charge in [0.2, 0.25) is 0 Å². The summed E-state index contributed by atoms with van der Waals surface area (Å²) in [5.41, 5.74) is -0.226. The van der Waals surface area contributed by atoms with Gasteiger partial charge in [0.25, 0.3) is 5.56 Å². The number of aliphatic carboxylic acids is 1. The van der Waals surface area contributed by atoms with E-state index < -0.39 is 29.7 Å². The van der Waals surface area contributed by atoms with E-state index in [0.29, 0.717) is 22.2 Å². The number of methoxy groups -OCH3 is 1. The second kappa shape index (κ2) is 6.64. The summed E-state index contributed by atoms with van der Waals surface area (Å²) in [5, 5.41) is 9.58. The molecule has 2 N–H and O–H groups in total. The van der Waals surface area contributed by atoms with Crippen molar-refractivity contribution < 1.29 is 14.6 Å². The van der Waals surface area contributed by atoms with Gasteiger partial charge in [-0.05, 0) is 29.8 Å². The van der Waals surface area contributed by atoms with Gasteiger partial charge in [-0.1, -0.05) is 24.3 Å². The maximum absolute atomic E-state index is 12.8. The van der Waals surface area contributed by atoms with E-state index in [4.69, 9.17) is 4.74 Å². The highest BCUT2D eigenvalue weighted by atomic mass is 16.5. The van der Waals surface area contributed by atoms with Gasteiger partial charge in [0.05, 0.1) is 30.5 Å². The molecule has 3 rings (SSSR count). The molecule has 0 aliphatic carbocycles. The molecule has 0 fully saturated rings. The van der Waals surface area contributed by atoms with Gasteiger partial charge in [0.1, 0.15) is 5.75 Å². The molecule has 0 aliphatic rings. The molecule has 3 aromatic rings. The molecule has 1 aromatic heterocycles. The summed E-state index contributed by atoms with van der Waals surface area (Å²) in [6, 6.07) is 12.3. The standard InChI is InChI=1S/C18H16N2O5/c1-25-12-8-6-11(7-9-12)15(10-16(21)22)20-17(23)13-4-2-3-5-14(13)19-18(20)24/h2-9,15H,10H2,1H3,(H,19,24)(H,21,22). The summed E-state index contributed by atoms with van der Waals surface area (Å²) in [6.45, 7) is 0. The molecule has 7 heteroatoms. The molecule has 0 amide bonds. The predicted molar refractivity (Wildman–Crippen MR) is 92.2 cm³/mol. The van der Waals surface area contributed by atoms with Crippen molar-refractivity contribution in [2.24, 2.45) is 0 Å². The molecule has 0 aliphatic heterocycles. The van der Waals surface area contributed by atoms with Crippen LogP contribution in [0.1, 0.15) is 18.0 Å². The van der Waals surface area contributed by atoms with E-state index in [9.17, 15) is 19.5 Å². The number of fused-ring (bicyclic) bond motifs is 1. The van der Waals surface area contributed by atoms with Crippen molar-refractivity contribution in [2.75, 3.05) is 7.11 Å². The first kappa shape index (κ1) is 16.5. The monoisotopic (exact) mass is 340 g/mol. The SMILES string of the molecule is COc1ccc(C(CC(=O)O)n2c(=O)[nH]c3ccccc3c2=O)cc1. The van der Waals surface area contributed by atoms with Crippen LogP contribution in [0.4, 0.5) is 0 Å². The fraction of sp³-hybridized carbons (Fsp3) is 0.167. The van der Waals surface area contributed by atoms with Crippen LogP contribution in [0.15, 0.2) is 58.1 Å². The zero-order valence-corrected chi connectivity index (χ0v) is 13.4. The molecular weight excluding hydrogens is 324 g/mol. The van der Waals surface area contributed by atoms with E-state index in [1.807, 2.05) is 0 Å². The number of nitrogens with zero attached hydrogens (tertiary/aromatic N) is 1. The lowest BCUT2D eigenvalue weighted by Crippen LogP contribution is -2.39. The van der Waals surface area contributed by atoms with Crippen LogP contribution in [0.3, 0.4) is 0 Å². The van der Waals surface area contributed by atoms with Crippen LogP contribution in [0.2, 0.25) is 0 Å². The zero-order valence-electron chi connectivity index (χ0n) is 13.4. The van der Waals surface area contributed by atoms with Crippen molar-refractivity contribution in [3.63, 3.8) is 0 Å². The first-order valence-corrected chi connectivity index (χ1v) is 7.60. The number of hydrogen-bond donors (Lipinski definition) is 2. The molecule has 2 aromatic carbocycles. The summed E-state index contributed by atoms with van der Waals surface area (Å²) >= 11 is 0. The van der Waals surface area contributed by atoms with Crippen molar-refractivity contribution in [3.8, 4) is 5.75 Å². The highest BCUT2D eigenvalue weighted by Gasteiger charge is 2.22. The smallest absolute Gasteiger partial charge is 0.329 e. The molecule has 0 radical (unpaired) electrons. The molecule has 128 valence electrons. The Kier molecular flexibility index (Phi) is 4.38. The van der Waals surface area contributed by atoms with Crippen molar-refractivity contribution in [1.29, 1.82) is 0 Å². The summed E-state index contributed by atoms with van der Waals surface area (Å²) < 4.78 is 6.04. The topological polar surface area (TPSA) is 101 Å². The number of carboxylic acids is 1. The number of aromatic amines is 1. The minimum atomic E-state index is -1.11. The Labute approximate surface area is 142 Å². The van der Waals surface area contributed by atoms with Gasteiger partial charge in [-0.25, -0.2) is 4.79 Å². The van der Waals surface area contributed by atoms with E-state index >= 15 is 0 Å². The van der Waals surface area contributed by atoms with Crippen LogP contribution in [0.25, 0.3) is 10.9 Å². The Balaban J connectivity index is 2.22. The maximum Gasteiger partial charge on any atom is 0.329 e. The van der Waals surface area contributed by atoms with Crippen LogP contribution in [0, 0.1) is 0 Å². The van der Waals surface area contributed by atoms with Crippen LogP contribution in [-0.4, -0.2) is 27.7 Å². The molecular formula is C18H16N2O5. The Morgan fingerprint density at radius 2 is 1.84 bits per heavy atom. The van der Waals surface area contributed by atoms with Crippen molar-refractivity contribution in [1.82, 2.24) is 9.55 Å². The highest BCUT2D eigenvalue weighted by Crippen LogP contribution is 2.22. The second-order valence-electron chi connectivity index (χ2n) is 5.54. The number of carboxylic acid groups (broad SMARTS) is 1. The number of aromatic nitrogens is 2. The third-order valence-corrected chi connectivity index (χ3v) is 4.02. The van der Waals surface area contributed by atoms with Crippen LogP contribution in [0.5, 0.6) is 5.75 Å². The Morgan fingerprint density at radius 3 is 2.48 bits per heavy atom. The van der Waals surface area contributed by atoms with E-state index in [-0.39, 0.29) is 0 Å². The minimum Gasteiger partial charge on any atom is -0.497 e. The Morgan fingerprint density at radius 1 is 1.16 bits per heavy atom. The molecule has 7 nitrogen and oxygen atoms in total. The fourth-order valence-electron chi connectivity index (χ4n) is 2.81. The molecule has 0 saturated heterocycles. The van der Waals surface area contributed by atoms with Crippen molar-refractivity contribution in [3.05, 3.63) is 74.9 Å². The van der Waals surface area contributed by atoms with Gasteiger partial charge >= 0.3 is 11.7 Å². The Bertz CT molecular complexity index is 1030. The number of H-pyrrole nitrogens is 1. The highest BCUT2D eigenvalue weighted by molar-refractivity contribution is 5.77. The third kappa shape index (κ3) is 3.16. The van der Waals surface area contributed by atoms with E-state index in [0.717, 1.165) is 4.57 Å². The molecule has 0 saturated carbocycles.